The highest BCUT2D eigenvalue weighted by Gasteiger charge is 2.39. The van der Waals surface area contributed by atoms with E-state index in [0.717, 1.165) is 5.56 Å². The zero-order chi connectivity index (χ0) is 23.3. The van der Waals surface area contributed by atoms with Gasteiger partial charge in [-0.15, -0.1) is 0 Å². The molecule has 0 aliphatic rings. The van der Waals surface area contributed by atoms with Crippen molar-refractivity contribution in [2.24, 2.45) is 5.10 Å². The van der Waals surface area contributed by atoms with Crippen LogP contribution < -0.4 is 10.2 Å². The Morgan fingerprint density at radius 2 is 1.64 bits per heavy atom. The van der Waals surface area contributed by atoms with Gasteiger partial charge in [0.2, 0.25) is 0 Å². The number of ether oxygens (including phenoxy) is 1. The SMILES string of the molecule is COc1ccc(-c2ccc(/C=N\NC(=O)C(O)(c3ccccc3)c3ccccc3)o2)cc1Cl. The van der Waals surface area contributed by atoms with Gasteiger partial charge in [0.05, 0.1) is 18.3 Å². The molecule has 0 radical (unpaired) electrons. The average molecular weight is 461 g/mol. The maximum atomic E-state index is 13.0. The predicted octanol–water partition coefficient (Wildman–Crippen LogP) is 4.99. The van der Waals surface area contributed by atoms with Crippen LogP contribution in [0, 0.1) is 0 Å². The number of nitrogens with one attached hydrogen (secondary N) is 1. The number of carbonyl (C=O) groups excluding carboxylic acids is 1. The summed E-state index contributed by atoms with van der Waals surface area (Å²) in [4.78, 5) is 13.0. The molecule has 7 heteroatoms. The quantitative estimate of drug-likeness (QED) is 0.300. The number of amides is 1. The zero-order valence-electron chi connectivity index (χ0n) is 17.7. The predicted molar refractivity (Wildman–Crippen MR) is 127 cm³/mol. The Hall–Kier alpha value is -3.87. The van der Waals surface area contributed by atoms with Gasteiger partial charge in [0, 0.05) is 5.56 Å². The molecule has 0 fully saturated rings. The third kappa shape index (κ3) is 4.67. The fraction of sp³-hybridized carbons (Fsp3) is 0.0769. The molecule has 0 atom stereocenters. The Kier molecular flexibility index (Phi) is 6.58. The van der Waals surface area contributed by atoms with Crippen LogP contribution in [0.2, 0.25) is 5.02 Å². The highest BCUT2D eigenvalue weighted by atomic mass is 35.5. The molecule has 33 heavy (non-hydrogen) atoms. The molecule has 0 spiro atoms. The molecule has 0 aliphatic carbocycles. The van der Waals surface area contributed by atoms with Gasteiger partial charge in [-0.05, 0) is 41.5 Å². The van der Waals surface area contributed by atoms with Crippen LogP contribution in [0.1, 0.15) is 16.9 Å². The van der Waals surface area contributed by atoms with Gasteiger partial charge in [-0.3, -0.25) is 4.79 Å². The van der Waals surface area contributed by atoms with Gasteiger partial charge in [0.25, 0.3) is 5.91 Å². The number of hydrogen-bond donors (Lipinski definition) is 2. The number of aliphatic hydroxyl groups is 1. The van der Waals surface area contributed by atoms with Crippen molar-refractivity contribution in [1.29, 1.82) is 0 Å². The first-order chi connectivity index (χ1) is 16.0. The van der Waals surface area contributed by atoms with Crippen LogP contribution in [0.3, 0.4) is 0 Å². The summed E-state index contributed by atoms with van der Waals surface area (Å²) in [5.74, 6) is 0.878. The number of methoxy groups -OCH3 is 1. The summed E-state index contributed by atoms with van der Waals surface area (Å²) in [5.41, 5.74) is 2.15. The summed E-state index contributed by atoms with van der Waals surface area (Å²) in [7, 11) is 1.55. The normalized spacial score (nSPS) is 11.5. The van der Waals surface area contributed by atoms with Crippen LogP contribution in [-0.2, 0) is 10.4 Å². The molecule has 2 N–H and O–H groups in total. The fourth-order valence-electron chi connectivity index (χ4n) is 3.42. The minimum Gasteiger partial charge on any atom is -0.495 e. The molecule has 0 saturated heterocycles. The summed E-state index contributed by atoms with van der Waals surface area (Å²) in [6.45, 7) is 0. The van der Waals surface area contributed by atoms with E-state index in [9.17, 15) is 9.90 Å². The molecule has 1 aromatic heterocycles. The lowest BCUT2D eigenvalue weighted by molar-refractivity contribution is -0.136. The lowest BCUT2D eigenvalue weighted by atomic mass is 9.85. The first-order valence-electron chi connectivity index (χ1n) is 10.1. The highest BCUT2D eigenvalue weighted by Crippen LogP contribution is 2.31. The number of nitrogens with zero attached hydrogens (tertiary/aromatic N) is 1. The Morgan fingerprint density at radius 1 is 1.00 bits per heavy atom. The molecule has 0 saturated carbocycles. The Balaban J connectivity index is 1.53. The highest BCUT2D eigenvalue weighted by molar-refractivity contribution is 6.32. The first kappa shape index (κ1) is 22.3. The zero-order valence-corrected chi connectivity index (χ0v) is 18.5. The monoisotopic (exact) mass is 460 g/mol. The minimum atomic E-state index is -1.91. The number of halogens is 1. The minimum absolute atomic E-state index is 0.417. The second-order valence-corrected chi connectivity index (χ2v) is 7.60. The number of hydrazone groups is 1. The number of furan rings is 1. The van der Waals surface area contributed by atoms with E-state index in [1.54, 1.807) is 79.9 Å². The van der Waals surface area contributed by atoms with Crippen molar-refractivity contribution in [3.63, 3.8) is 0 Å². The van der Waals surface area contributed by atoms with Gasteiger partial charge in [-0.1, -0.05) is 72.3 Å². The third-order valence-corrected chi connectivity index (χ3v) is 5.43. The van der Waals surface area contributed by atoms with Gasteiger partial charge in [-0.25, -0.2) is 5.43 Å². The summed E-state index contributed by atoms with van der Waals surface area (Å²) >= 11 is 6.18. The van der Waals surface area contributed by atoms with Crippen LogP contribution in [0.25, 0.3) is 11.3 Å². The van der Waals surface area contributed by atoms with Crippen molar-refractivity contribution < 1.29 is 19.1 Å². The van der Waals surface area contributed by atoms with Crippen molar-refractivity contribution in [2.45, 2.75) is 5.60 Å². The van der Waals surface area contributed by atoms with E-state index in [0.29, 0.717) is 33.4 Å². The molecule has 0 unspecified atom stereocenters. The van der Waals surface area contributed by atoms with E-state index < -0.39 is 11.5 Å². The summed E-state index contributed by atoms with van der Waals surface area (Å²) in [6.07, 6.45) is 1.36. The second kappa shape index (κ2) is 9.73. The number of benzene rings is 3. The molecule has 4 aromatic rings. The number of rotatable bonds is 7. The molecular weight excluding hydrogens is 440 g/mol. The number of carbonyl (C=O) groups is 1. The molecule has 1 amide bonds. The molecule has 166 valence electrons. The van der Waals surface area contributed by atoms with Crippen LogP contribution in [-0.4, -0.2) is 24.3 Å². The summed E-state index contributed by atoms with van der Waals surface area (Å²) < 4.78 is 10.9. The maximum Gasteiger partial charge on any atom is 0.281 e. The molecule has 4 rings (SSSR count). The van der Waals surface area contributed by atoms with Crippen LogP contribution >= 0.6 is 11.6 Å². The summed E-state index contributed by atoms with van der Waals surface area (Å²) in [6, 6.07) is 26.2. The van der Waals surface area contributed by atoms with Crippen molar-refractivity contribution in [3.8, 4) is 17.1 Å². The van der Waals surface area contributed by atoms with Gasteiger partial charge in [0.15, 0.2) is 5.60 Å². The Bertz CT molecular complexity index is 1230. The number of hydrogen-bond acceptors (Lipinski definition) is 5. The van der Waals surface area contributed by atoms with Crippen molar-refractivity contribution in [1.82, 2.24) is 5.43 Å². The Labute approximate surface area is 196 Å². The first-order valence-corrected chi connectivity index (χ1v) is 10.5. The van der Waals surface area contributed by atoms with Gasteiger partial charge >= 0.3 is 0 Å². The van der Waals surface area contributed by atoms with Crippen LogP contribution in [0.4, 0.5) is 0 Å². The van der Waals surface area contributed by atoms with Crippen molar-refractivity contribution in [2.75, 3.05) is 7.11 Å². The standard InChI is InChI=1S/C26H21ClN2O4/c1-32-24-14-12-18(16-22(24)27)23-15-13-21(33-23)17-28-29-25(30)26(31,19-8-4-2-5-9-19)20-10-6-3-7-11-20/h2-17,31H,1H3,(H,29,30)/b28-17-. The Morgan fingerprint density at radius 3 is 2.21 bits per heavy atom. The van der Waals surface area contributed by atoms with Gasteiger partial charge in [0.1, 0.15) is 17.3 Å². The lowest BCUT2D eigenvalue weighted by Crippen LogP contribution is -2.43. The summed E-state index contributed by atoms with van der Waals surface area (Å²) in [5, 5.41) is 15.9. The van der Waals surface area contributed by atoms with Crippen molar-refractivity contribution in [3.05, 3.63) is 113 Å². The van der Waals surface area contributed by atoms with E-state index in [2.05, 4.69) is 10.5 Å². The molecule has 0 bridgehead atoms. The van der Waals surface area contributed by atoms with E-state index >= 15 is 0 Å². The molecule has 3 aromatic carbocycles. The van der Waals surface area contributed by atoms with Crippen LogP contribution in [0.5, 0.6) is 5.75 Å². The van der Waals surface area contributed by atoms with Gasteiger partial charge < -0.3 is 14.3 Å². The second-order valence-electron chi connectivity index (χ2n) is 7.19. The van der Waals surface area contributed by atoms with Crippen LogP contribution in [0.15, 0.2) is 101 Å². The smallest absolute Gasteiger partial charge is 0.281 e. The average Bonchev–Trinajstić information content (AvgIpc) is 3.33. The van der Waals surface area contributed by atoms with E-state index in [-0.39, 0.29) is 0 Å². The molecule has 0 aliphatic heterocycles. The third-order valence-electron chi connectivity index (χ3n) is 5.13. The van der Waals surface area contributed by atoms with Gasteiger partial charge in [-0.2, -0.15) is 5.10 Å². The molecule has 1 heterocycles. The fourth-order valence-corrected chi connectivity index (χ4v) is 3.68. The van der Waals surface area contributed by atoms with E-state index in [1.807, 2.05) is 18.2 Å². The molecule has 6 nitrogen and oxygen atoms in total. The van der Waals surface area contributed by atoms with E-state index in [1.165, 1.54) is 6.21 Å². The van der Waals surface area contributed by atoms with E-state index in [4.69, 9.17) is 20.8 Å². The largest absolute Gasteiger partial charge is 0.495 e. The topological polar surface area (TPSA) is 84.1 Å². The lowest BCUT2D eigenvalue weighted by Gasteiger charge is -2.26. The van der Waals surface area contributed by atoms with Crippen molar-refractivity contribution >= 4 is 23.7 Å². The molecular formula is C26H21ClN2O4. The maximum absolute atomic E-state index is 13.0.